The second-order valence-electron chi connectivity index (χ2n) is 11.5. The molecular formula is C38H37F3N4NiO2. The zero-order chi connectivity index (χ0) is 34.0. The van der Waals surface area contributed by atoms with Gasteiger partial charge in [-0.15, -0.1) is 18.1 Å². The van der Waals surface area contributed by atoms with E-state index in [1.807, 2.05) is 0 Å². The van der Waals surface area contributed by atoms with Crippen molar-refractivity contribution >= 4 is 28.8 Å². The number of carbonyl (C=O) groups is 1. The fourth-order valence-electron chi connectivity index (χ4n) is 6.33. The van der Waals surface area contributed by atoms with Crippen LogP contribution in [0, 0.1) is 6.42 Å². The van der Waals surface area contributed by atoms with Crippen molar-refractivity contribution in [1.82, 2.24) is 0 Å². The van der Waals surface area contributed by atoms with Crippen molar-refractivity contribution in [1.29, 1.82) is 0 Å². The Morgan fingerprint density at radius 2 is 1.25 bits per heavy atom. The molecule has 0 aliphatic carbocycles. The quantitative estimate of drug-likeness (QED) is 0.229. The number of carboxylic acid groups (broad SMARTS) is 1. The minimum atomic E-state index is -5.19. The number of carboxylic acids is 1. The van der Waals surface area contributed by atoms with Gasteiger partial charge >= 0.3 is 22.7 Å². The first-order chi connectivity index (χ1) is 22.4. The van der Waals surface area contributed by atoms with Crippen LogP contribution in [0.3, 0.4) is 0 Å². The van der Waals surface area contributed by atoms with Crippen LogP contribution in [0.15, 0.2) is 138 Å². The van der Waals surface area contributed by atoms with Gasteiger partial charge in [0, 0.05) is 17.1 Å². The summed E-state index contributed by atoms with van der Waals surface area (Å²) in [6, 6.07) is 10.5. The van der Waals surface area contributed by atoms with Crippen LogP contribution in [0.25, 0.3) is 0 Å². The van der Waals surface area contributed by atoms with Gasteiger partial charge in [-0.1, -0.05) is 58.2 Å². The summed E-state index contributed by atoms with van der Waals surface area (Å²) < 4.78 is 31.5. The van der Waals surface area contributed by atoms with E-state index in [9.17, 15) is 13.2 Å². The zero-order valence-corrected chi connectivity index (χ0v) is 28.7. The van der Waals surface area contributed by atoms with Crippen molar-refractivity contribution in [3.63, 3.8) is 0 Å². The number of rotatable bonds is 5. The SMILES string of the molecule is CCC1=C(C)C2=NC1=CC1=NC(=CC3=NC(=CC4=CN(c5ccccc5)C(=C2)[CH-]4)C(C)=C3CC)C(CC)=C1CC.O=C([O-])C(F)(F)F.[Ni+2]. The maximum absolute atomic E-state index is 10.5. The number of para-hydroxylation sites is 1. The van der Waals surface area contributed by atoms with E-state index in [0.29, 0.717) is 0 Å². The van der Waals surface area contributed by atoms with Crippen molar-refractivity contribution in [2.75, 3.05) is 4.90 Å². The van der Waals surface area contributed by atoms with Crippen molar-refractivity contribution in [2.45, 2.75) is 73.4 Å². The summed E-state index contributed by atoms with van der Waals surface area (Å²) >= 11 is 0. The molecule has 5 heterocycles. The van der Waals surface area contributed by atoms with Gasteiger partial charge in [-0.3, -0.25) is 9.98 Å². The molecule has 0 fully saturated rings. The molecule has 0 N–H and O–H groups in total. The number of benzene rings is 1. The molecule has 5 aliphatic rings. The summed E-state index contributed by atoms with van der Waals surface area (Å²) in [7, 11) is 0. The average molecular weight is 697 g/mol. The Kier molecular flexibility index (Phi) is 11.2. The van der Waals surface area contributed by atoms with Gasteiger partial charge < -0.3 is 14.8 Å². The molecule has 6 rings (SSSR count). The van der Waals surface area contributed by atoms with Crippen LogP contribution in [-0.2, 0) is 21.3 Å². The Balaban J connectivity index is 0.000000589. The molecule has 0 atom stereocenters. The number of hydrogen-bond acceptors (Lipinski definition) is 6. The number of halogens is 3. The topological polar surface area (TPSA) is 80.5 Å². The number of aliphatic carboxylic acids is 1. The van der Waals surface area contributed by atoms with E-state index in [4.69, 9.17) is 24.9 Å². The first kappa shape index (κ1) is 36.4. The molecule has 1 aromatic rings. The zero-order valence-electron chi connectivity index (χ0n) is 27.7. The van der Waals surface area contributed by atoms with Gasteiger partial charge in [-0.05, 0) is 103 Å². The van der Waals surface area contributed by atoms with Gasteiger partial charge in [0.2, 0.25) is 0 Å². The Morgan fingerprint density at radius 3 is 1.81 bits per heavy atom. The molecular weight excluding hydrogens is 660 g/mol. The first-order valence-corrected chi connectivity index (χ1v) is 15.9. The number of fused-ring (bicyclic) bond motifs is 5. The summed E-state index contributed by atoms with van der Waals surface area (Å²) in [5, 5.41) is 8.78. The monoisotopic (exact) mass is 696 g/mol. The van der Waals surface area contributed by atoms with Gasteiger partial charge in [0.05, 0.1) is 22.8 Å². The molecule has 8 bridgehead atoms. The first-order valence-electron chi connectivity index (χ1n) is 15.9. The van der Waals surface area contributed by atoms with Gasteiger partial charge in [-0.25, -0.2) is 4.99 Å². The van der Waals surface area contributed by atoms with Crippen LogP contribution >= 0.6 is 0 Å². The number of allylic oxidation sites excluding steroid dienone is 11. The molecule has 48 heavy (non-hydrogen) atoms. The molecule has 0 aromatic heterocycles. The molecule has 10 heteroatoms. The Hall–Kier alpha value is -4.43. The average Bonchev–Trinajstić information content (AvgIpc) is 3.75. The summed E-state index contributed by atoms with van der Waals surface area (Å²) in [4.78, 5) is 26.6. The van der Waals surface area contributed by atoms with Crippen molar-refractivity contribution < 1.29 is 39.6 Å². The number of aliphatic imine (C=N–C) groups is 3. The van der Waals surface area contributed by atoms with Gasteiger partial charge in [0.15, 0.2) is 0 Å². The largest absolute Gasteiger partial charge is 2.00 e. The number of nitrogens with zero attached hydrogens (tertiary/aromatic N) is 4. The van der Waals surface area contributed by atoms with Crippen molar-refractivity contribution in [2.24, 2.45) is 15.0 Å². The van der Waals surface area contributed by atoms with E-state index in [1.165, 1.54) is 33.4 Å². The van der Waals surface area contributed by atoms with Crippen LogP contribution < -0.4 is 10.0 Å². The number of carbonyl (C=O) groups excluding carboxylic acids is 1. The number of anilines is 1. The van der Waals surface area contributed by atoms with Crippen LogP contribution in [0.4, 0.5) is 18.9 Å². The number of alkyl halides is 3. The second kappa shape index (κ2) is 14.8. The number of hydrogen-bond donors (Lipinski definition) is 0. The molecule has 0 saturated heterocycles. The predicted molar refractivity (Wildman–Crippen MR) is 181 cm³/mol. The Morgan fingerprint density at radius 1 is 0.729 bits per heavy atom. The second-order valence-corrected chi connectivity index (χ2v) is 11.5. The van der Waals surface area contributed by atoms with Crippen LogP contribution in [0.2, 0.25) is 0 Å². The van der Waals surface area contributed by atoms with Crippen LogP contribution in [-0.4, -0.2) is 29.3 Å². The predicted octanol–water partition coefficient (Wildman–Crippen LogP) is 8.37. The maximum Gasteiger partial charge on any atom is 2.00 e. The van der Waals surface area contributed by atoms with E-state index in [0.717, 1.165) is 76.9 Å². The molecule has 0 radical (unpaired) electrons. The molecule has 252 valence electrons. The Bertz CT molecular complexity index is 1860. The summed E-state index contributed by atoms with van der Waals surface area (Å²) in [6.07, 6.45) is 11.9. The molecule has 0 unspecified atom stereocenters. The minimum absolute atomic E-state index is 0. The molecule has 0 amide bonds. The van der Waals surface area contributed by atoms with Crippen LogP contribution in [0.5, 0.6) is 0 Å². The van der Waals surface area contributed by atoms with Gasteiger partial charge in [0.1, 0.15) is 5.97 Å². The van der Waals surface area contributed by atoms with Gasteiger partial charge in [-0.2, -0.15) is 13.2 Å². The molecule has 6 nitrogen and oxygen atoms in total. The summed E-state index contributed by atoms with van der Waals surface area (Å²) in [6.45, 7) is 13.3. The minimum Gasteiger partial charge on any atom is -0.542 e. The normalized spacial score (nSPS) is 18.5. The molecule has 1 aromatic carbocycles. The fourth-order valence-corrected chi connectivity index (χ4v) is 6.33. The van der Waals surface area contributed by atoms with E-state index < -0.39 is 12.1 Å². The third-order valence-corrected chi connectivity index (χ3v) is 8.68. The van der Waals surface area contributed by atoms with Gasteiger partial charge in [0.25, 0.3) is 0 Å². The summed E-state index contributed by atoms with van der Waals surface area (Å²) in [5.74, 6) is -3.01. The fraction of sp³-hybridized carbons (Fsp3) is 0.289. The maximum atomic E-state index is 10.5. The van der Waals surface area contributed by atoms with E-state index in [-0.39, 0.29) is 16.5 Å². The van der Waals surface area contributed by atoms with Crippen molar-refractivity contribution in [3.05, 3.63) is 129 Å². The van der Waals surface area contributed by atoms with Crippen molar-refractivity contribution in [3.8, 4) is 0 Å². The smallest absolute Gasteiger partial charge is 0.542 e. The van der Waals surface area contributed by atoms with E-state index >= 15 is 0 Å². The third-order valence-electron chi connectivity index (χ3n) is 8.68. The molecule has 0 saturated carbocycles. The van der Waals surface area contributed by atoms with E-state index in [2.05, 4.69) is 114 Å². The molecule has 5 aliphatic heterocycles. The van der Waals surface area contributed by atoms with Crippen LogP contribution in [0.1, 0.15) is 67.2 Å². The standard InChI is InChI=1S/C36H37N4.C2HF3O2.Ni/c1-7-27-22(5)31-17-24-16-26(40(21-24)25-14-12-11-13-15-25)18-32-23(6)28(8-2)34(38-32)20-36-30(10-4)29(9-3)35(39-36)19-33(27)37-31;3-2(4,5)1(6)7;/h11-21H,7-10H2,1-6H3;(H,6,7);/q-1;;+2/p-1. The third kappa shape index (κ3) is 7.19. The van der Waals surface area contributed by atoms with E-state index in [1.54, 1.807) is 0 Å². The summed E-state index contributed by atoms with van der Waals surface area (Å²) in [5.41, 5.74) is 17.3. The Labute approximate surface area is 290 Å². The molecule has 0 spiro atoms.